The second-order valence-electron chi connectivity index (χ2n) is 5.41. The molecule has 0 aliphatic heterocycles. The highest BCUT2D eigenvalue weighted by Gasteiger charge is 2.09. The van der Waals surface area contributed by atoms with Crippen molar-refractivity contribution in [2.75, 3.05) is 7.11 Å². The van der Waals surface area contributed by atoms with Gasteiger partial charge in [-0.3, -0.25) is 0 Å². The molecule has 100 valence electrons. The topological polar surface area (TPSA) is 9.23 Å². The molecule has 0 bridgehead atoms. The van der Waals surface area contributed by atoms with Gasteiger partial charge in [-0.1, -0.05) is 38.1 Å². The standard InChI is InChI=1S/C18H22O/c1-12(2)17-11-18(14(4)9-13(17)3)15-7-6-8-16(10-15)19-5/h6-12H,1-5H3. The number of benzene rings is 2. The summed E-state index contributed by atoms with van der Waals surface area (Å²) in [5.41, 5.74) is 6.63. The van der Waals surface area contributed by atoms with E-state index < -0.39 is 0 Å². The van der Waals surface area contributed by atoms with Crippen LogP contribution in [0.2, 0.25) is 0 Å². The average Bonchev–Trinajstić information content (AvgIpc) is 2.38. The van der Waals surface area contributed by atoms with Gasteiger partial charge in [0.25, 0.3) is 0 Å². The second-order valence-corrected chi connectivity index (χ2v) is 5.41. The van der Waals surface area contributed by atoms with Crippen molar-refractivity contribution in [2.45, 2.75) is 33.6 Å². The van der Waals surface area contributed by atoms with Gasteiger partial charge in [-0.2, -0.15) is 0 Å². The van der Waals surface area contributed by atoms with Crippen LogP contribution in [0.25, 0.3) is 11.1 Å². The van der Waals surface area contributed by atoms with Gasteiger partial charge in [0.1, 0.15) is 5.75 Å². The molecule has 0 saturated carbocycles. The van der Waals surface area contributed by atoms with Gasteiger partial charge in [0, 0.05) is 0 Å². The third-order valence-electron chi connectivity index (χ3n) is 3.62. The predicted octanol–water partition coefficient (Wildman–Crippen LogP) is 5.10. The van der Waals surface area contributed by atoms with E-state index in [1.54, 1.807) is 7.11 Å². The minimum absolute atomic E-state index is 0.546. The summed E-state index contributed by atoms with van der Waals surface area (Å²) in [4.78, 5) is 0. The number of hydrogen-bond acceptors (Lipinski definition) is 1. The van der Waals surface area contributed by atoms with Gasteiger partial charge in [-0.15, -0.1) is 0 Å². The lowest BCUT2D eigenvalue weighted by atomic mass is 9.90. The normalized spacial score (nSPS) is 10.8. The third-order valence-corrected chi connectivity index (χ3v) is 3.62. The molecule has 2 aromatic carbocycles. The van der Waals surface area contributed by atoms with Crippen LogP contribution in [-0.2, 0) is 0 Å². The van der Waals surface area contributed by atoms with Crippen molar-refractivity contribution < 1.29 is 4.74 Å². The number of aryl methyl sites for hydroxylation is 2. The summed E-state index contributed by atoms with van der Waals surface area (Å²) in [6, 6.07) is 12.9. The molecule has 0 aliphatic rings. The van der Waals surface area contributed by atoms with Crippen LogP contribution in [0.5, 0.6) is 5.75 Å². The molecule has 0 spiro atoms. The molecule has 2 rings (SSSR count). The molecule has 0 saturated heterocycles. The van der Waals surface area contributed by atoms with Crippen molar-refractivity contribution in [3.8, 4) is 16.9 Å². The minimum atomic E-state index is 0.546. The Morgan fingerprint density at radius 1 is 0.947 bits per heavy atom. The van der Waals surface area contributed by atoms with Crippen LogP contribution in [0.4, 0.5) is 0 Å². The van der Waals surface area contributed by atoms with E-state index >= 15 is 0 Å². The maximum Gasteiger partial charge on any atom is 0.119 e. The Labute approximate surface area is 116 Å². The first kappa shape index (κ1) is 13.7. The first-order valence-corrected chi connectivity index (χ1v) is 6.78. The summed E-state index contributed by atoms with van der Waals surface area (Å²) >= 11 is 0. The maximum atomic E-state index is 5.32. The molecule has 0 amide bonds. The van der Waals surface area contributed by atoms with Crippen molar-refractivity contribution in [3.05, 3.63) is 53.1 Å². The number of rotatable bonds is 3. The largest absolute Gasteiger partial charge is 0.497 e. The van der Waals surface area contributed by atoms with Gasteiger partial charge in [0.05, 0.1) is 7.11 Å². The third kappa shape index (κ3) is 2.81. The van der Waals surface area contributed by atoms with Crippen LogP contribution in [0.1, 0.15) is 36.5 Å². The van der Waals surface area contributed by atoms with E-state index in [-0.39, 0.29) is 0 Å². The Hall–Kier alpha value is -1.76. The van der Waals surface area contributed by atoms with Crippen LogP contribution in [0, 0.1) is 13.8 Å². The summed E-state index contributed by atoms with van der Waals surface area (Å²) in [6.07, 6.45) is 0. The van der Waals surface area contributed by atoms with Crippen molar-refractivity contribution in [1.29, 1.82) is 0 Å². The zero-order chi connectivity index (χ0) is 14.0. The molecule has 1 nitrogen and oxygen atoms in total. The Bertz CT molecular complexity index is 582. The molecule has 0 aliphatic carbocycles. The number of hydrogen-bond donors (Lipinski definition) is 0. The molecule has 2 aromatic rings. The van der Waals surface area contributed by atoms with E-state index in [1.807, 2.05) is 12.1 Å². The van der Waals surface area contributed by atoms with Crippen LogP contribution in [-0.4, -0.2) is 7.11 Å². The molecule has 0 fully saturated rings. The summed E-state index contributed by atoms with van der Waals surface area (Å²) < 4.78 is 5.32. The second kappa shape index (κ2) is 5.48. The van der Waals surface area contributed by atoms with Crippen LogP contribution < -0.4 is 4.74 Å². The minimum Gasteiger partial charge on any atom is -0.497 e. The van der Waals surface area contributed by atoms with Crippen molar-refractivity contribution >= 4 is 0 Å². The first-order valence-electron chi connectivity index (χ1n) is 6.78. The molecule has 0 atom stereocenters. The van der Waals surface area contributed by atoms with Gasteiger partial charge in [-0.25, -0.2) is 0 Å². The Morgan fingerprint density at radius 2 is 1.68 bits per heavy atom. The van der Waals surface area contributed by atoms with Crippen LogP contribution >= 0.6 is 0 Å². The molecule has 0 radical (unpaired) electrons. The zero-order valence-electron chi connectivity index (χ0n) is 12.4. The molecule has 1 heteroatoms. The SMILES string of the molecule is COc1cccc(-c2cc(C(C)C)c(C)cc2C)c1. The molecule has 0 heterocycles. The zero-order valence-corrected chi connectivity index (χ0v) is 12.4. The van der Waals surface area contributed by atoms with E-state index in [4.69, 9.17) is 4.74 Å². The summed E-state index contributed by atoms with van der Waals surface area (Å²) in [6.45, 7) is 8.85. The highest BCUT2D eigenvalue weighted by molar-refractivity contribution is 5.70. The van der Waals surface area contributed by atoms with E-state index in [9.17, 15) is 0 Å². The molecule has 0 unspecified atom stereocenters. The van der Waals surface area contributed by atoms with Gasteiger partial charge in [0.2, 0.25) is 0 Å². The van der Waals surface area contributed by atoms with E-state index in [2.05, 4.69) is 52.0 Å². The number of ether oxygens (including phenoxy) is 1. The highest BCUT2D eigenvalue weighted by Crippen LogP contribution is 2.31. The summed E-state index contributed by atoms with van der Waals surface area (Å²) in [5.74, 6) is 1.45. The van der Waals surface area contributed by atoms with Crippen molar-refractivity contribution in [3.63, 3.8) is 0 Å². The van der Waals surface area contributed by atoms with Gasteiger partial charge in [-0.05, 0) is 59.7 Å². The van der Waals surface area contributed by atoms with Gasteiger partial charge < -0.3 is 4.74 Å². The first-order chi connectivity index (χ1) is 9.02. The maximum absolute atomic E-state index is 5.32. The summed E-state index contributed by atoms with van der Waals surface area (Å²) in [5, 5.41) is 0. The lowest BCUT2D eigenvalue weighted by molar-refractivity contribution is 0.415. The fourth-order valence-corrected chi connectivity index (χ4v) is 2.59. The fourth-order valence-electron chi connectivity index (χ4n) is 2.59. The van der Waals surface area contributed by atoms with Crippen molar-refractivity contribution in [2.24, 2.45) is 0 Å². The Kier molecular flexibility index (Phi) is 3.94. The highest BCUT2D eigenvalue weighted by atomic mass is 16.5. The molecule has 0 aromatic heterocycles. The van der Waals surface area contributed by atoms with Crippen LogP contribution in [0.15, 0.2) is 36.4 Å². The quantitative estimate of drug-likeness (QED) is 0.740. The molecular formula is C18H22O. The van der Waals surface area contributed by atoms with Crippen molar-refractivity contribution in [1.82, 2.24) is 0 Å². The predicted molar refractivity (Wildman–Crippen MR) is 82.0 cm³/mol. The Morgan fingerprint density at radius 3 is 2.32 bits per heavy atom. The molecule has 0 N–H and O–H groups in total. The smallest absolute Gasteiger partial charge is 0.119 e. The monoisotopic (exact) mass is 254 g/mol. The molecule has 19 heavy (non-hydrogen) atoms. The lowest BCUT2D eigenvalue weighted by Gasteiger charge is -2.15. The van der Waals surface area contributed by atoms with Gasteiger partial charge >= 0.3 is 0 Å². The van der Waals surface area contributed by atoms with Gasteiger partial charge in [0.15, 0.2) is 0 Å². The van der Waals surface area contributed by atoms with E-state index in [0.29, 0.717) is 5.92 Å². The Balaban J connectivity index is 2.57. The lowest BCUT2D eigenvalue weighted by Crippen LogP contribution is -1.95. The average molecular weight is 254 g/mol. The van der Waals surface area contributed by atoms with Crippen LogP contribution in [0.3, 0.4) is 0 Å². The fraction of sp³-hybridized carbons (Fsp3) is 0.333. The summed E-state index contributed by atoms with van der Waals surface area (Å²) in [7, 11) is 1.71. The number of methoxy groups -OCH3 is 1. The molecular weight excluding hydrogens is 232 g/mol. The van der Waals surface area contributed by atoms with E-state index in [0.717, 1.165) is 5.75 Å². The van der Waals surface area contributed by atoms with E-state index in [1.165, 1.54) is 27.8 Å².